The van der Waals surface area contributed by atoms with Crippen LogP contribution in [0.5, 0.6) is 0 Å². The Morgan fingerprint density at radius 3 is 2.44 bits per heavy atom. The first-order valence-corrected chi connectivity index (χ1v) is 9.00. The van der Waals surface area contributed by atoms with Crippen LogP contribution in [0.15, 0.2) is 42.5 Å². The second-order valence-corrected chi connectivity index (χ2v) is 7.18. The lowest BCUT2D eigenvalue weighted by molar-refractivity contribution is 0.607. The molecular formula is C19H20Cl2N4. The number of anilines is 3. The minimum Gasteiger partial charge on any atom is -0.369 e. The predicted molar refractivity (Wildman–Crippen MR) is 107 cm³/mol. The van der Waals surface area contributed by atoms with E-state index in [1.807, 2.05) is 24.3 Å². The largest absolute Gasteiger partial charge is 0.369 e. The van der Waals surface area contributed by atoms with Crippen molar-refractivity contribution in [3.8, 4) is 0 Å². The van der Waals surface area contributed by atoms with Crippen LogP contribution in [-0.4, -0.2) is 16.5 Å². The maximum atomic E-state index is 6.06. The minimum absolute atomic E-state index is 0.504. The minimum atomic E-state index is 0.504. The van der Waals surface area contributed by atoms with E-state index < -0.39 is 0 Å². The number of hydrogen-bond acceptors (Lipinski definition) is 4. The Morgan fingerprint density at radius 2 is 1.72 bits per heavy atom. The quantitative estimate of drug-likeness (QED) is 0.543. The van der Waals surface area contributed by atoms with Crippen molar-refractivity contribution in [2.24, 2.45) is 5.92 Å². The Bertz CT molecular complexity index is 860. The van der Waals surface area contributed by atoms with Gasteiger partial charge in [-0.05, 0) is 42.7 Å². The Morgan fingerprint density at radius 1 is 1.00 bits per heavy atom. The van der Waals surface area contributed by atoms with Gasteiger partial charge in [0.15, 0.2) is 0 Å². The molecule has 0 aliphatic rings. The van der Waals surface area contributed by atoms with E-state index in [0.29, 0.717) is 21.9 Å². The second-order valence-electron chi connectivity index (χ2n) is 6.31. The number of nitrogens with one attached hydrogen (secondary N) is 2. The van der Waals surface area contributed by atoms with Crippen molar-refractivity contribution in [2.75, 3.05) is 17.2 Å². The first kappa shape index (κ1) is 17.8. The van der Waals surface area contributed by atoms with Crippen LogP contribution in [-0.2, 0) is 0 Å². The third kappa shape index (κ3) is 4.74. The third-order valence-corrected chi connectivity index (χ3v) is 4.17. The molecule has 0 bridgehead atoms. The highest BCUT2D eigenvalue weighted by Crippen LogP contribution is 2.27. The van der Waals surface area contributed by atoms with E-state index in [4.69, 9.17) is 23.2 Å². The maximum Gasteiger partial charge on any atom is 0.229 e. The number of nitrogens with zero attached hydrogens (tertiary/aromatic N) is 2. The Balaban J connectivity index is 1.92. The van der Waals surface area contributed by atoms with Gasteiger partial charge in [-0.1, -0.05) is 49.2 Å². The summed E-state index contributed by atoms with van der Waals surface area (Å²) in [6, 6.07) is 13.2. The van der Waals surface area contributed by atoms with Gasteiger partial charge in [0.25, 0.3) is 0 Å². The first-order chi connectivity index (χ1) is 12.0. The van der Waals surface area contributed by atoms with Crippen LogP contribution in [0, 0.1) is 5.92 Å². The zero-order chi connectivity index (χ0) is 17.8. The number of rotatable bonds is 6. The third-order valence-electron chi connectivity index (χ3n) is 3.74. The summed E-state index contributed by atoms with van der Waals surface area (Å²) in [6.45, 7) is 5.27. The average molecular weight is 375 g/mol. The summed E-state index contributed by atoms with van der Waals surface area (Å²) in [4.78, 5) is 9.22. The van der Waals surface area contributed by atoms with Crippen LogP contribution in [0.3, 0.4) is 0 Å². The fourth-order valence-corrected chi connectivity index (χ4v) is 3.03. The van der Waals surface area contributed by atoms with Crippen molar-refractivity contribution >= 4 is 51.6 Å². The van der Waals surface area contributed by atoms with E-state index in [9.17, 15) is 0 Å². The molecule has 0 saturated heterocycles. The van der Waals surface area contributed by atoms with Gasteiger partial charge in [0, 0.05) is 27.7 Å². The molecule has 0 radical (unpaired) electrons. The fourth-order valence-electron chi connectivity index (χ4n) is 2.50. The maximum absolute atomic E-state index is 6.06. The Hall–Kier alpha value is -2.04. The highest BCUT2D eigenvalue weighted by molar-refractivity contribution is 6.35. The van der Waals surface area contributed by atoms with E-state index in [1.54, 1.807) is 18.2 Å². The molecule has 1 heterocycles. The zero-order valence-electron chi connectivity index (χ0n) is 14.2. The van der Waals surface area contributed by atoms with Gasteiger partial charge in [0.1, 0.15) is 5.82 Å². The lowest BCUT2D eigenvalue weighted by Crippen LogP contribution is -2.08. The highest BCUT2D eigenvalue weighted by Gasteiger charge is 2.08. The number of benzene rings is 2. The predicted octanol–water partition coefficient (Wildman–Crippen LogP) is 6.14. The summed E-state index contributed by atoms with van der Waals surface area (Å²) in [5, 5.41) is 8.73. The lowest BCUT2D eigenvalue weighted by atomic mass is 10.1. The van der Waals surface area contributed by atoms with E-state index in [0.717, 1.165) is 35.4 Å². The van der Waals surface area contributed by atoms with E-state index in [-0.39, 0.29) is 0 Å². The van der Waals surface area contributed by atoms with Crippen LogP contribution >= 0.6 is 23.2 Å². The summed E-state index contributed by atoms with van der Waals surface area (Å²) >= 11 is 12.1. The van der Waals surface area contributed by atoms with Crippen LogP contribution in [0.2, 0.25) is 10.0 Å². The molecule has 0 saturated carbocycles. The van der Waals surface area contributed by atoms with Crippen LogP contribution < -0.4 is 10.6 Å². The average Bonchev–Trinajstić information content (AvgIpc) is 2.53. The lowest BCUT2D eigenvalue weighted by Gasteiger charge is -2.13. The summed E-state index contributed by atoms with van der Waals surface area (Å²) in [6.07, 6.45) is 1.07. The number of fused-ring (bicyclic) bond motifs is 1. The monoisotopic (exact) mass is 374 g/mol. The molecule has 0 aliphatic carbocycles. The standard InChI is InChI=1S/C19H20Cl2N4/c1-12(2)7-8-22-18-16-5-3-4-6-17(16)24-19(25-18)23-15-10-13(20)9-14(21)11-15/h3-6,9-12H,7-8H2,1-2H3,(H2,22,23,24,25). The van der Waals surface area contributed by atoms with Crippen molar-refractivity contribution in [1.82, 2.24) is 9.97 Å². The smallest absolute Gasteiger partial charge is 0.229 e. The summed E-state index contributed by atoms with van der Waals surface area (Å²) < 4.78 is 0. The normalized spacial score (nSPS) is 11.1. The van der Waals surface area contributed by atoms with Gasteiger partial charge >= 0.3 is 0 Å². The van der Waals surface area contributed by atoms with Crippen molar-refractivity contribution in [2.45, 2.75) is 20.3 Å². The Labute approximate surface area is 157 Å². The second kappa shape index (κ2) is 7.89. The van der Waals surface area contributed by atoms with Gasteiger partial charge in [-0.2, -0.15) is 4.98 Å². The molecule has 6 heteroatoms. The molecular weight excluding hydrogens is 355 g/mol. The van der Waals surface area contributed by atoms with Crippen molar-refractivity contribution in [1.29, 1.82) is 0 Å². The molecule has 0 amide bonds. The fraction of sp³-hybridized carbons (Fsp3) is 0.263. The molecule has 3 rings (SSSR count). The first-order valence-electron chi connectivity index (χ1n) is 8.25. The van der Waals surface area contributed by atoms with E-state index >= 15 is 0 Å². The van der Waals surface area contributed by atoms with Gasteiger partial charge < -0.3 is 10.6 Å². The Kier molecular flexibility index (Phi) is 5.61. The zero-order valence-corrected chi connectivity index (χ0v) is 15.7. The van der Waals surface area contributed by atoms with Crippen molar-refractivity contribution in [3.63, 3.8) is 0 Å². The molecule has 2 aromatic carbocycles. The molecule has 130 valence electrons. The summed E-state index contributed by atoms with van der Waals surface area (Å²) in [7, 11) is 0. The topological polar surface area (TPSA) is 49.8 Å². The van der Waals surface area contributed by atoms with E-state index in [2.05, 4.69) is 34.4 Å². The summed E-state index contributed by atoms with van der Waals surface area (Å²) in [5.41, 5.74) is 1.63. The van der Waals surface area contributed by atoms with Gasteiger partial charge in [-0.15, -0.1) is 0 Å². The molecule has 0 unspecified atom stereocenters. The molecule has 3 aromatic rings. The molecule has 25 heavy (non-hydrogen) atoms. The highest BCUT2D eigenvalue weighted by atomic mass is 35.5. The SMILES string of the molecule is CC(C)CCNc1nc(Nc2cc(Cl)cc(Cl)c2)nc2ccccc12. The molecule has 0 aliphatic heterocycles. The van der Waals surface area contributed by atoms with Crippen molar-refractivity contribution < 1.29 is 0 Å². The number of halogens is 2. The van der Waals surface area contributed by atoms with E-state index in [1.165, 1.54) is 0 Å². The van der Waals surface area contributed by atoms with Gasteiger partial charge in [-0.3, -0.25) is 0 Å². The van der Waals surface area contributed by atoms with Gasteiger partial charge in [0.05, 0.1) is 5.52 Å². The summed E-state index contributed by atoms with van der Waals surface area (Å²) in [5.74, 6) is 1.96. The van der Waals surface area contributed by atoms with Gasteiger partial charge in [-0.25, -0.2) is 4.98 Å². The molecule has 0 fully saturated rings. The molecule has 0 atom stereocenters. The number of para-hydroxylation sites is 1. The van der Waals surface area contributed by atoms with Crippen LogP contribution in [0.1, 0.15) is 20.3 Å². The molecule has 4 nitrogen and oxygen atoms in total. The number of aromatic nitrogens is 2. The molecule has 2 N–H and O–H groups in total. The van der Waals surface area contributed by atoms with Gasteiger partial charge in [0.2, 0.25) is 5.95 Å². The molecule has 0 spiro atoms. The van der Waals surface area contributed by atoms with Crippen LogP contribution in [0.4, 0.5) is 17.5 Å². The molecule has 1 aromatic heterocycles. The van der Waals surface area contributed by atoms with Crippen molar-refractivity contribution in [3.05, 3.63) is 52.5 Å². The van der Waals surface area contributed by atoms with Crippen LogP contribution in [0.25, 0.3) is 10.9 Å². The number of hydrogen-bond donors (Lipinski definition) is 2.